The Morgan fingerprint density at radius 2 is 0.750 bits per heavy atom. The Kier molecular flexibility index (Phi) is 4.99. The molecule has 4 saturated heterocycles. The molecule has 4 aliphatic heterocycles. The maximum atomic E-state index is 14.1. The minimum Gasteiger partial charge on any atom is -0.468 e. The Labute approximate surface area is 230 Å². The molecule has 0 aromatic heterocycles. The van der Waals surface area contributed by atoms with Gasteiger partial charge in [0.1, 0.15) is 21.7 Å². The van der Waals surface area contributed by atoms with Gasteiger partial charge in [0, 0.05) is 36.0 Å². The molecule has 40 heavy (non-hydrogen) atoms. The molecular formula is C30H30N2O8. The predicted octanol–water partition coefficient (Wildman–Crippen LogP) is 0.913. The van der Waals surface area contributed by atoms with Gasteiger partial charge in [-0.1, -0.05) is 60.7 Å². The quantitative estimate of drug-likeness (QED) is 0.399. The number of benzene rings is 2. The van der Waals surface area contributed by atoms with Gasteiger partial charge in [-0.2, -0.15) is 0 Å². The predicted molar refractivity (Wildman–Crippen MR) is 138 cm³/mol. The maximum absolute atomic E-state index is 14.1. The SMILES string of the molecule is COC(=O)C12C3NC4C(C(=O)OC)(C5NC1C3(C(=O)OC)C(c1ccccc1)C45C(=O)OC)C2c1ccccc1. The van der Waals surface area contributed by atoms with Crippen LogP contribution in [-0.4, -0.2) is 76.5 Å². The molecule has 2 N–H and O–H groups in total. The van der Waals surface area contributed by atoms with Gasteiger partial charge in [0.15, 0.2) is 0 Å². The van der Waals surface area contributed by atoms with Crippen molar-refractivity contribution in [1.82, 2.24) is 10.6 Å². The zero-order chi connectivity index (χ0) is 28.2. The molecule has 0 radical (unpaired) electrons. The summed E-state index contributed by atoms with van der Waals surface area (Å²) >= 11 is 0. The zero-order valence-electron chi connectivity index (χ0n) is 22.5. The summed E-state index contributed by atoms with van der Waals surface area (Å²) < 4.78 is 21.9. The second-order valence-corrected chi connectivity index (χ2v) is 11.5. The van der Waals surface area contributed by atoms with Crippen LogP contribution in [0.4, 0.5) is 0 Å². The van der Waals surface area contributed by atoms with E-state index in [1.165, 1.54) is 28.4 Å². The van der Waals surface area contributed by atoms with Crippen molar-refractivity contribution in [1.29, 1.82) is 0 Å². The summed E-state index contributed by atoms with van der Waals surface area (Å²) in [5.41, 5.74) is -4.10. The number of hydrogen-bond donors (Lipinski definition) is 2. The topological polar surface area (TPSA) is 129 Å². The number of carbonyl (C=O) groups excluding carboxylic acids is 4. The van der Waals surface area contributed by atoms with E-state index in [2.05, 4.69) is 10.6 Å². The van der Waals surface area contributed by atoms with Gasteiger partial charge in [-0.25, -0.2) is 0 Å². The fourth-order valence-corrected chi connectivity index (χ4v) is 10.1. The van der Waals surface area contributed by atoms with Gasteiger partial charge in [-0.05, 0) is 11.1 Å². The lowest BCUT2D eigenvalue weighted by Gasteiger charge is -2.91. The van der Waals surface area contributed by atoms with Gasteiger partial charge in [-0.15, -0.1) is 0 Å². The van der Waals surface area contributed by atoms with Crippen LogP contribution in [0.2, 0.25) is 0 Å². The number of esters is 4. The first-order valence-corrected chi connectivity index (χ1v) is 13.3. The summed E-state index contributed by atoms with van der Waals surface area (Å²) in [4.78, 5) is 56.5. The second-order valence-electron chi connectivity index (χ2n) is 11.5. The van der Waals surface area contributed by atoms with Crippen molar-refractivity contribution in [3.8, 4) is 0 Å². The van der Waals surface area contributed by atoms with Crippen LogP contribution in [0.1, 0.15) is 23.0 Å². The molecule has 0 atom stereocenters. The van der Waals surface area contributed by atoms with Crippen molar-refractivity contribution in [3.63, 3.8) is 0 Å². The molecule has 8 bridgehead atoms. The average Bonchev–Trinajstić information content (AvgIpc) is 2.98. The molecule has 8 rings (SSSR count). The van der Waals surface area contributed by atoms with Crippen LogP contribution < -0.4 is 10.6 Å². The van der Waals surface area contributed by atoms with E-state index in [9.17, 15) is 19.2 Å². The number of nitrogens with one attached hydrogen (secondary N) is 2. The van der Waals surface area contributed by atoms with E-state index in [1.54, 1.807) is 0 Å². The molecule has 6 fully saturated rings. The summed E-state index contributed by atoms with van der Waals surface area (Å²) in [6, 6.07) is 15.2. The third-order valence-corrected chi connectivity index (χ3v) is 10.8. The number of piperidine rings is 4. The molecule has 2 aromatic rings. The van der Waals surface area contributed by atoms with Crippen molar-refractivity contribution >= 4 is 23.9 Å². The molecular weight excluding hydrogens is 516 g/mol. The smallest absolute Gasteiger partial charge is 0.315 e. The molecule has 0 spiro atoms. The molecule has 10 heteroatoms. The van der Waals surface area contributed by atoms with E-state index in [1.807, 2.05) is 60.7 Å². The van der Waals surface area contributed by atoms with Gasteiger partial charge in [0.25, 0.3) is 0 Å². The zero-order valence-corrected chi connectivity index (χ0v) is 22.5. The molecule has 6 aliphatic rings. The first-order chi connectivity index (χ1) is 19.3. The van der Waals surface area contributed by atoms with Crippen molar-refractivity contribution in [2.75, 3.05) is 28.4 Å². The normalized spacial score (nSPS) is 42.6. The van der Waals surface area contributed by atoms with Crippen LogP contribution >= 0.6 is 0 Å². The average molecular weight is 547 g/mol. The second kappa shape index (κ2) is 7.92. The highest BCUT2D eigenvalue weighted by atomic mass is 16.5. The van der Waals surface area contributed by atoms with Crippen LogP contribution in [0.3, 0.4) is 0 Å². The molecule has 0 unspecified atom stereocenters. The Morgan fingerprint density at radius 1 is 0.500 bits per heavy atom. The van der Waals surface area contributed by atoms with Gasteiger partial charge in [-0.3, -0.25) is 19.2 Å². The highest BCUT2D eigenvalue weighted by Crippen LogP contribution is 2.88. The molecule has 2 aromatic carbocycles. The van der Waals surface area contributed by atoms with Crippen LogP contribution in [0, 0.1) is 21.7 Å². The maximum Gasteiger partial charge on any atom is 0.315 e. The minimum atomic E-state index is -1.39. The van der Waals surface area contributed by atoms with Gasteiger partial charge in [0.05, 0.1) is 28.4 Å². The van der Waals surface area contributed by atoms with E-state index < -0.39 is 81.5 Å². The summed E-state index contributed by atoms with van der Waals surface area (Å²) in [6.07, 6.45) is 0. The van der Waals surface area contributed by atoms with Gasteiger partial charge in [0.2, 0.25) is 0 Å². The van der Waals surface area contributed by atoms with Crippen molar-refractivity contribution < 1.29 is 38.1 Å². The Bertz CT molecular complexity index is 1250. The van der Waals surface area contributed by atoms with Crippen LogP contribution in [-0.2, 0) is 38.1 Å². The third-order valence-electron chi connectivity index (χ3n) is 10.8. The highest BCUT2D eigenvalue weighted by molar-refractivity contribution is 6.02. The Hall–Kier alpha value is -3.76. The summed E-state index contributed by atoms with van der Waals surface area (Å²) in [5.74, 6) is -3.75. The standard InChI is InChI=1S/C30H30N2O8/c1-37-23(33)27-17(15-11-7-5-8-12-15)28(24(34)38-2)21-30(26(36)40-4)18(16-13-9-6-10-14-16)29(19(27)31-21,25(35)39-3)20(27)32-22(28)30/h5-14,17-22,31-32H,1-4H3. The van der Waals surface area contributed by atoms with Crippen molar-refractivity contribution in [2.24, 2.45) is 21.7 Å². The number of hydrogen-bond acceptors (Lipinski definition) is 10. The lowest BCUT2D eigenvalue weighted by molar-refractivity contribution is -0.365. The molecule has 2 saturated carbocycles. The molecule has 208 valence electrons. The molecule has 0 amide bonds. The van der Waals surface area contributed by atoms with E-state index in [4.69, 9.17) is 18.9 Å². The highest BCUT2D eigenvalue weighted by Gasteiger charge is 3.03. The molecule has 2 aliphatic carbocycles. The van der Waals surface area contributed by atoms with Gasteiger partial charge < -0.3 is 29.6 Å². The summed E-state index contributed by atoms with van der Waals surface area (Å²) in [7, 11) is 5.23. The largest absolute Gasteiger partial charge is 0.468 e. The number of rotatable bonds is 6. The third kappa shape index (κ3) is 2.16. The van der Waals surface area contributed by atoms with E-state index in [-0.39, 0.29) is 0 Å². The van der Waals surface area contributed by atoms with Crippen LogP contribution in [0.5, 0.6) is 0 Å². The van der Waals surface area contributed by atoms with Crippen LogP contribution in [0.15, 0.2) is 60.7 Å². The Morgan fingerprint density at radius 3 is 0.975 bits per heavy atom. The van der Waals surface area contributed by atoms with Crippen molar-refractivity contribution in [3.05, 3.63) is 71.8 Å². The Balaban J connectivity index is 1.62. The van der Waals surface area contributed by atoms with Gasteiger partial charge >= 0.3 is 23.9 Å². The number of ether oxygens (including phenoxy) is 4. The minimum absolute atomic E-state index is 0.555. The first kappa shape index (κ1) is 25.2. The number of methoxy groups -OCH3 is 4. The lowest BCUT2D eigenvalue weighted by Crippen LogP contribution is -3.09. The van der Waals surface area contributed by atoms with E-state index in [0.29, 0.717) is 0 Å². The fraction of sp³-hybridized carbons (Fsp3) is 0.467. The van der Waals surface area contributed by atoms with E-state index >= 15 is 0 Å². The number of carbonyl (C=O) groups is 4. The molecule has 4 heterocycles. The summed E-state index contributed by atoms with van der Waals surface area (Å²) in [5, 5.41) is 6.99. The van der Waals surface area contributed by atoms with E-state index in [0.717, 1.165) is 11.1 Å². The monoisotopic (exact) mass is 546 g/mol. The molecule has 10 nitrogen and oxygen atoms in total. The first-order valence-electron chi connectivity index (χ1n) is 13.3. The fourth-order valence-electron chi connectivity index (χ4n) is 10.1. The van der Waals surface area contributed by atoms with Crippen molar-refractivity contribution in [2.45, 2.75) is 36.0 Å². The van der Waals surface area contributed by atoms with Crippen LogP contribution in [0.25, 0.3) is 0 Å². The lowest BCUT2D eigenvalue weighted by atomic mass is 9.16. The summed E-state index contributed by atoms with van der Waals surface area (Å²) in [6.45, 7) is 0.